The molecule has 46 valence electrons. The SMILES string of the molecule is O.OP(O)(=S)S.[W]. The predicted octanol–water partition coefficient (Wildman–Crippen LogP) is -0.702. The van der Waals surface area contributed by atoms with Crippen molar-refractivity contribution in [2.75, 3.05) is 0 Å². The Labute approximate surface area is 66.0 Å². The van der Waals surface area contributed by atoms with E-state index in [0.717, 1.165) is 0 Å². The maximum atomic E-state index is 7.87. The van der Waals surface area contributed by atoms with E-state index in [1.54, 1.807) is 0 Å². The van der Waals surface area contributed by atoms with Crippen LogP contribution in [0.3, 0.4) is 0 Å². The third kappa shape index (κ3) is 95.4. The quantitative estimate of drug-likeness (QED) is 0.406. The van der Waals surface area contributed by atoms with Crippen molar-refractivity contribution in [1.82, 2.24) is 0 Å². The summed E-state index contributed by atoms with van der Waals surface area (Å²) >= 11 is 7.07. The fraction of sp³-hybridized carbons (Fsp3) is 0. The standard InChI is InChI=1S/H3O2PS2.H2O.W/c1-3(2,4)5;;/h(H3,1,2,4,5);1H2;. The average molecular weight is 332 g/mol. The van der Waals surface area contributed by atoms with Gasteiger partial charge in [-0.15, -0.1) is 0 Å². The summed E-state index contributed by atoms with van der Waals surface area (Å²) in [5.41, 5.74) is -3.11. The zero-order valence-corrected chi connectivity index (χ0v) is 8.64. The summed E-state index contributed by atoms with van der Waals surface area (Å²) in [7, 11) is 0. The topological polar surface area (TPSA) is 72.0 Å². The van der Waals surface area contributed by atoms with Gasteiger partial charge in [0.2, 0.25) is 5.69 Å². The summed E-state index contributed by atoms with van der Waals surface area (Å²) in [6.07, 6.45) is 0. The van der Waals surface area contributed by atoms with E-state index >= 15 is 0 Å². The van der Waals surface area contributed by atoms with Crippen LogP contribution in [0.5, 0.6) is 0 Å². The van der Waals surface area contributed by atoms with Gasteiger partial charge in [0.25, 0.3) is 0 Å². The molecule has 0 aliphatic carbocycles. The third-order valence-electron chi connectivity index (χ3n) is 0. The Kier molecular flexibility index (Phi) is 12.9. The zero-order valence-electron chi connectivity index (χ0n) is 3.11. The van der Waals surface area contributed by atoms with Gasteiger partial charge in [0.15, 0.2) is 0 Å². The van der Waals surface area contributed by atoms with Crippen LogP contribution in [-0.2, 0) is 32.9 Å². The Bertz CT molecular complexity index is 59.1. The Hall–Kier alpha value is 1.57. The largest absolute Gasteiger partial charge is 0.412 e. The molecule has 0 saturated carbocycles. The molecule has 0 atom stereocenters. The minimum atomic E-state index is -3.11. The van der Waals surface area contributed by atoms with Gasteiger partial charge in [0.1, 0.15) is 0 Å². The molecule has 0 radical (unpaired) electrons. The molecule has 0 aliphatic rings. The van der Waals surface area contributed by atoms with Crippen molar-refractivity contribution < 1.29 is 36.3 Å². The van der Waals surface area contributed by atoms with Gasteiger partial charge in [-0.3, -0.25) is 0 Å². The van der Waals surface area contributed by atoms with Crippen molar-refractivity contribution in [3.63, 3.8) is 0 Å². The second-order valence-electron chi connectivity index (χ2n) is 0.513. The first kappa shape index (κ1) is 15.8. The van der Waals surface area contributed by atoms with Crippen LogP contribution < -0.4 is 0 Å². The Morgan fingerprint density at radius 1 is 1.43 bits per heavy atom. The maximum Gasteiger partial charge on any atom is 0.239 e. The van der Waals surface area contributed by atoms with Crippen LogP contribution in [0, 0.1) is 0 Å². The smallest absolute Gasteiger partial charge is 0.239 e. The van der Waals surface area contributed by atoms with E-state index < -0.39 is 5.69 Å². The van der Waals surface area contributed by atoms with Gasteiger partial charge in [-0.25, -0.2) is 0 Å². The van der Waals surface area contributed by atoms with Crippen molar-refractivity contribution in [3.05, 3.63) is 0 Å². The zero-order chi connectivity index (χ0) is 4.50. The van der Waals surface area contributed by atoms with Crippen LogP contribution in [0.25, 0.3) is 0 Å². The monoisotopic (exact) mass is 332 g/mol. The summed E-state index contributed by atoms with van der Waals surface area (Å²) in [5, 5.41) is 0. The maximum absolute atomic E-state index is 7.87. The van der Waals surface area contributed by atoms with Gasteiger partial charge in [-0.05, 0) is 11.8 Å². The van der Waals surface area contributed by atoms with Crippen molar-refractivity contribution in [1.29, 1.82) is 0 Å². The first-order valence-corrected chi connectivity index (χ1v) is 4.64. The van der Waals surface area contributed by atoms with Crippen molar-refractivity contribution in [2.24, 2.45) is 0 Å². The fourth-order valence-electron chi connectivity index (χ4n) is 0. The summed E-state index contributed by atoms with van der Waals surface area (Å²) in [5.74, 6) is 0. The number of rotatable bonds is 0. The van der Waals surface area contributed by atoms with E-state index in [-0.39, 0.29) is 26.5 Å². The van der Waals surface area contributed by atoms with Crippen LogP contribution in [0.15, 0.2) is 0 Å². The number of thiol groups is 1. The third-order valence-corrected chi connectivity index (χ3v) is 0. The Morgan fingerprint density at radius 2 is 1.43 bits per heavy atom. The van der Waals surface area contributed by atoms with Gasteiger partial charge < -0.3 is 15.3 Å². The molecule has 0 aromatic carbocycles. The summed E-state index contributed by atoms with van der Waals surface area (Å²) < 4.78 is 0. The molecule has 0 amide bonds. The summed E-state index contributed by atoms with van der Waals surface area (Å²) in [6, 6.07) is 0. The van der Waals surface area contributed by atoms with Crippen LogP contribution in [0.1, 0.15) is 0 Å². The van der Waals surface area contributed by atoms with Crippen molar-refractivity contribution in [3.8, 4) is 0 Å². The van der Waals surface area contributed by atoms with E-state index in [4.69, 9.17) is 9.79 Å². The Balaban J connectivity index is -0.0000000800. The van der Waals surface area contributed by atoms with Crippen LogP contribution >= 0.6 is 17.9 Å². The normalized spacial score (nSPS) is 8.43. The molecule has 0 aromatic heterocycles. The summed E-state index contributed by atoms with van der Waals surface area (Å²) in [6.45, 7) is 0. The van der Waals surface area contributed by atoms with E-state index in [2.05, 4.69) is 24.1 Å². The van der Waals surface area contributed by atoms with Crippen LogP contribution in [-0.4, -0.2) is 15.3 Å². The molecule has 0 fully saturated rings. The van der Waals surface area contributed by atoms with Crippen LogP contribution in [0.4, 0.5) is 0 Å². The molecule has 4 N–H and O–H groups in total. The van der Waals surface area contributed by atoms with E-state index in [1.807, 2.05) is 0 Å². The molecular weight excluding hydrogens is 327 g/mol. The molecular formula is H5O3PS2W. The average Bonchev–Trinajstić information content (AvgIpc) is 0.722. The second kappa shape index (κ2) is 5.70. The predicted molar refractivity (Wildman–Crippen MR) is 31.3 cm³/mol. The van der Waals surface area contributed by atoms with Crippen molar-refractivity contribution >= 4 is 29.7 Å². The minimum absolute atomic E-state index is 0. The molecule has 7 heteroatoms. The van der Waals surface area contributed by atoms with Gasteiger partial charge in [0.05, 0.1) is 0 Å². The first-order chi connectivity index (χ1) is 2.00. The Morgan fingerprint density at radius 3 is 1.43 bits per heavy atom. The molecule has 0 bridgehead atoms. The number of hydrogen-bond acceptors (Lipinski definition) is 1. The number of hydrogen-bond donors (Lipinski definition) is 3. The van der Waals surface area contributed by atoms with Gasteiger partial charge in [-0.2, -0.15) is 0 Å². The fourth-order valence-corrected chi connectivity index (χ4v) is 0. The summed E-state index contributed by atoms with van der Waals surface area (Å²) in [4.78, 5) is 15.7. The van der Waals surface area contributed by atoms with Crippen molar-refractivity contribution in [2.45, 2.75) is 0 Å². The molecule has 0 aliphatic heterocycles. The first-order valence-electron chi connectivity index (χ1n) is 0.783. The van der Waals surface area contributed by atoms with Gasteiger partial charge in [-0.1, -0.05) is 12.2 Å². The van der Waals surface area contributed by atoms with E-state index in [9.17, 15) is 0 Å². The van der Waals surface area contributed by atoms with E-state index in [1.165, 1.54) is 0 Å². The van der Waals surface area contributed by atoms with Gasteiger partial charge >= 0.3 is 0 Å². The molecule has 0 spiro atoms. The molecule has 7 heavy (non-hydrogen) atoms. The second-order valence-corrected chi connectivity index (χ2v) is 5.55. The molecule has 0 heterocycles. The van der Waals surface area contributed by atoms with Crippen LogP contribution in [0.2, 0.25) is 0 Å². The molecule has 0 saturated heterocycles. The molecule has 3 nitrogen and oxygen atoms in total. The molecule has 0 rings (SSSR count). The molecule has 0 aromatic rings. The van der Waals surface area contributed by atoms with Gasteiger partial charge in [0, 0.05) is 21.1 Å². The van der Waals surface area contributed by atoms with E-state index in [0.29, 0.717) is 0 Å². The minimum Gasteiger partial charge on any atom is -0.412 e. The molecule has 0 unspecified atom stereocenters.